The van der Waals surface area contributed by atoms with Gasteiger partial charge in [-0.25, -0.2) is 0 Å². The van der Waals surface area contributed by atoms with Gasteiger partial charge in [-0.2, -0.15) is 0 Å². The fourth-order valence-corrected chi connectivity index (χ4v) is 3.13. The van der Waals surface area contributed by atoms with Gasteiger partial charge in [0.25, 0.3) is 5.91 Å². The smallest absolute Gasteiger partial charge is 0.260 e. The second kappa shape index (κ2) is 7.69. The summed E-state index contributed by atoms with van der Waals surface area (Å²) in [6, 6.07) is 15.7. The van der Waals surface area contributed by atoms with Crippen LogP contribution in [0.5, 0.6) is 5.75 Å². The van der Waals surface area contributed by atoms with Crippen molar-refractivity contribution in [3.05, 3.63) is 53.6 Å². The lowest BCUT2D eigenvalue weighted by molar-refractivity contribution is -0.134. The van der Waals surface area contributed by atoms with Gasteiger partial charge in [0.1, 0.15) is 5.75 Å². The SMILES string of the molecule is NC1CCCN(C(=O)COc2ccc(-c3ccccc3)cc2Cl)C1. The predicted molar refractivity (Wildman–Crippen MR) is 96.2 cm³/mol. The number of benzene rings is 2. The van der Waals surface area contributed by atoms with Gasteiger partial charge in [-0.15, -0.1) is 0 Å². The zero-order chi connectivity index (χ0) is 16.9. The van der Waals surface area contributed by atoms with Crippen molar-refractivity contribution in [3.8, 4) is 16.9 Å². The molecule has 0 spiro atoms. The van der Waals surface area contributed by atoms with Crippen LogP contribution in [0.4, 0.5) is 0 Å². The van der Waals surface area contributed by atoms with Crippen molar-refractivity contribution in [2.24, 2.45) is 5.73 Å². The highest BCUT2D eigenvalue weighted by atomic mass is 35.5. The summed E-state index contributed by atoms with van der Waals surface area (Å²) >= 11 is 6.30. The minimum Gasteiger partial charge on any atom is -0.482 e. The van der Waals surface area contributed by atoms with E-state index in [0.29, 0.717) is 17.3 Å². The van der Waals surface area contributed by atoms with E-state index < -0.39 is 0 Å². The van der Waals surface area contributed by atoms with E-state index in [0.717, 1.165) is 30.5 Å². The third-order valence-corrected chi connectivity index (χ3v) is 4.50. The number of piperidine rings is 1. The first-order valence-corrected chi connectivity index (χ1v) is 8.52. The number of nitrogens with zero attached hydrogens (tertiary/aromatic N) is 1. The summed E-state index contributed by atoms with van der Waals surface area (Å²) in [6.07, 6.45) is 1.91. The molecule has 3 rings (SSSR count). The topological polar surface area (TPSA) is 55.6 Å². The van der Waals surface area contributed by atoms with Crippen molar-refractivity contribution in [3.63, 3.8) is 0 Å². The number of halogens is 1. The van der Waals surface area contributed by atoms with E-state index >= 15 is 0 Å². The predicted octanol–water partition coefficient (Wildman–Crippen LogP) is 3.34. The van der Waals surface area contributed by atoms with E-state index in [4.69, 9.17) is 22.1 Å². The highest BCUT2D eigenvalue weighted by molar-refractivity contribution is 6.32. The van der Waals surface area contributed by atoms with E-state index in [1.807, 2.05) is 42.5 Å². The second-order valence-corrected chi connectivity index (χ2v) is 6.45. The van der Waals surface area contributed by atoms with Crippen molar-refractivity contribution >= 4 is 17.5 Å². The number of rotatable bonds is 4. The van der Waals surface area contributed by atoms with Crippen LogP contribution >= 0.6 is 11.6 Å². The highest BCUT2D eigenvalue weighted by Crippen LogP contribution is 2.30. The Morgan fingerprint density at radius 1 is 1.21 bits per heavy atom. The van der Waals surface area contributed by atoms with Gasteiger partial charge in [0.15, 0.2) is 6.61 Å². The van der Waals surface area contributed by atoms with Crippen LogP contribution in [0.15, 0.2) is 48.5 Å². The minimum atomic E-state index is -0.0478. The normalized spacial score (nSPS) is 17.6. The average molecular weight is 345 g/mol. The Kier molecular flexibility index (Phi) is 5.38. The Labute approximate surface area is 147 Å². The molecular weight excluding hydrogens is 324 g/mol. The van der Waals surface area contributed by atoms with Crippen molar-refractivity contribution in [2.45, 2.75) is 18.9 Å². The molecule has 1 aliphatic heterocycles. The summed E-state index contributed by atoms with van der Waals surface area (Å²) in [7, 11) is 0. The Morgan fingerprint density at radius 2 is 2.00 bits per heavy atom. The number of amides is 1. The molecule has 1 aliphatic rings. The van der Waals surface area contributed by atoms with Crippen LogP contribution in [0.3, 0.4) is 0 Å². The monoisotopic (exact) mass is 344 g/mol. The van der Waals surface area contributed by atoms with Crippen LogP contribution in [-0.4, -0.2) is 36.5 Å². The van der Waals surface area contributed by atoms with Crippen molar-refractivity contribution in [1.29, 1.82) is 0 Å². The Balaban J connectivity index is 1.62. The van der Waals surface area contributed by atoms with E-state index in [1.165, 1.54) is 0 Å². The number of likely N-dealkylation sites (tertiary alicyclic amines) is 1. The second-order valence-electron chi connectivity index (χ2n) is 6.04. The first-order chi connectivity index (χ1) is 11.6. The molecule has 24 heavy (non-hydrogen) atoms. The lowest BCUT2D eigenvalue weighted by atomic mass is 10.1. The fraction of sp³-hybridized carbons (Fsp3) is 0.316. The molecule has 4 nitrogen and oxygen atoms in total. The third kappa shape index (κ3) is 4.08. The molecule has 0 radical (unpaired) electrons. The van der Waals surface area contributed by atoms with Crippen LogP contribution in [-0.2, 0) is 4.79 Å². The Bertz CT molecular complexity index is 706. The first kappa shape index (κ1) is 16.8. The molecule has 2 N–H and O–H groups in total. The standard InChI is InChI=1S/C19H21ClN2O2/c20-17-11-15(14-5-2-1-3-6-14)8-9-18(17)24-13-19(23)22-10-4-7-16(21)12-22/h1-3,5-6,8-9,11,16H,4,7,10,12-13,21H2. The van der Waals surface area contributed by atoms with Gasteiger partial charge in [0.2, 0.25) is 0 Å². The number of hydrogen-bond donors (Lipinski definition) is 1. The summed E-state index contributed by atoms with van der Waals surface area (Å²) < 4.78 is 5.61. The van der Waals surface area contributed by atoms with Gasteiger partial charge in [-0.3, -0.25) is 4.79 Å². The zero-order valence-electron chi connectivity index (χ0n) is 13.5. The molecule has 0 bridgehead atoms. The van der Waals surface area contributed by atoms with E-state index in [9.17, 15) is 4.79 Å². The molecule has 1 fully saturated rings. The van der Waals surface area contributed by atoms with Crippen molar-refractivity contribution in [1.82, 2.24) is 4.90 Å². The molecule has 126 valence electrons. The van der Waals surface area contributed by atoms with Crippen LogP contribution in [0.25, 0.3) is 11.1 Å². The number of carbonyl (C=O) groups is 1. The third-order valence-electron chi connectivity index (χ3n) is 4.20. The largest absolute Gasteiger partial charge is 0.482 e. The molecule has 1 heterocycles. The summed E-state index contributed by atoms with van der Waals surface area (Å²) in [4.78, 5) is 14.0. The molecule has 1 atom stereocenters. The summed E-state index contributed by atoms with van der Waals surface area (Å²) in [6.45, 7) is 1.33. The zero-order valence-corrected chi connectivity index (χ0v) is 14.2. The summed E-state index contributed by atoms with van der Waals surface area (Å²) in [5.74, 6) is 0.472. The van der Waals surface area contributed by atoms with Gasteiger partial charge in [0.05, 0.1) is 5.02 Å². The molecule has 1 unspecified atom stereocenters. The molecule has 0 aromatic heterocycles. The first-order valence-electron chi connectivity index (χ1n) is 8.14. The Hall–Kier alpha value is -2.04. The molecule has 2 aromatic rings. The Morgan fingerprint density at radius 3 is 2.71 bits per heavy atom. The van der Waals surface area contributed by atoms with Gasteiger partial charge in [-0.1, -0.05) is 48.0 Å². The van der Waals surface area contributed by atoms with Crippen LogP contribution in [0.2, 0.25) is 5.02 Å². The van der Waals surface area contributed by atoms with Gasteiger partial charge in [-0.05, 0) is 36.1 Å². The molecule has 1 amide bonds. The quantitative estimate of drug-likeness (QED) is 0.925. The number of carbonyl (C=O) groups excluding carboxylic acids is 1. The molecular formula is C19H21ClN2O2. The fourth-order valence-electron chi connectivity index (χ4n) is 2.90. The van der Waals surface area contributed by atoms with E-state index in [2.05, 4.69) is 0 Å². The molecule has 0 saturated carbocycles. The van der Waals surface area contributed by atoms with Crippen LogP contribution in [0, 0.1) is 0 Å². The lowest BCUT2D eigenvalue weighted by Crippen LogP contribution is -2.47. The van der Waals surface area contributed by atoms with Crippen LogP contribution in [0.1, 0.15) is 12.8 Å². The van der Waals surface area contributed by atoms with E-state index in [1.54, 1.807) is 11.0 Å². The molecule has 0 aliphatic carbocycles. The average Bonchev–Trinajstić information content (AvgIpc) is 2.61. The summed E-state index contributed by atoms with van der Waals surface area (Å²) in [5.41, 5.74) is 8.01. The molecule has 1 saturated heterocycles. The van der Waals surface area contributed by atoms with E-state index in [-0.39, 0.29) is 18.6 Å². The number of nitrogens with two attached hydrogens (primary N) is 1. The highest BCUT2D eigenvalue weighted by Gasteiger charge is 2.21. The minimum absolute atomic E-state index is 0.0167. The number of hydrogen-bond acceptors (Lipinski definition) is 3. The maximum atomic E-state index is 12.2. The van der Waals surface area contributed by atoms with Crippen molar-refractivity contribution in [2.75, 3.05) is 19.7 Å². The van der Waals surface area contributed by atoms with Gasteiger partial charge in [0, 0.05) is 19.1 Å². The summed E-state index contributed by atoms with van der Waals surface area (Å²) in [5, 5.41) is 0.500. The molecule has 2 aromatic carbocycles. The van der Waals surface area contributed by atoms with Crippen molar-refractivity contribution < 1.29 is 9.53 Å². The van der Waals surface area contributed by atoms with Gasteiger partial charge >= 0.3 is 0 Å². The number of ether oxygens (including phenoxy) is 1. The maximum absolute atomic E-state index is 12.2. The van der Waals surface area contributed by atoms with Crippen LogP contribution < -0.4 is 10.5 Å². The van der Waals surface area contributed by atoms with Gasteiger partial charge < -0.3 is 15.4 Å². The molecule has 5 heteroatoms. The lowest BCUT2D eigenvalue weighted by Gasteiger charge is -2.30. The maximum Gasteiger partial charge on any atom is 0.260 e.